The van der Waals surface area contributed by atoms with Gasteiger partial charge in [-0.15, -0.1) is 0 Å². The predicted molar refractivity (Wildman–Crippen MR) is 106 cm³/mol. The number of rotatable bonds is 6. The number of nitrogens with two attached hydrogens (primary N) is 1. The van der Waals surface area contributed by atoms with Crippen LogP contribution in [-0.4, -0.2) is 50.2 Å². The van der Waals surface area contributed by atoms with Crippen molar-refractivity contribution in [2.75, 3.05) is 32.5 Å². The molecule has 0 aromatic heterocycles. The first-order chi connectivity index (χ1) is 13.6. The van der Waals surface area contributed by atoms with E-state index in [2.05, 4.69) is 11.0 Å². The van der Waals surface area contributed by atoms with Gasteiger partial charge in [-0.3, -0.25) is 14.5 Å². The summed E-state index contributed by atoms with van der Waals surface area (Å²) in [6.07, 6.45) is 5.66. The zero-order valence-electron chi connectivity index (χ0n) is 16.3. The SMILES string of the molecule is COC(=O)C12C=C(c3ccccc3N)CCN3CC(CC(CCOC=O)C31)C2. The maximum Gasteiger partial charge on any atom is 0.317 e. The molecule has 1 aromatic rings. The predicted octanol–water partition coefficient (Wildman–Crippen LogP) is 2.49. The summed E-state index contributed by atoms with van der Waals surface area (Å²) < 4.78 is 10.3. The van der Waals surface area contributed by atoms with E-state index >= 15 is 0 Å². The number of anilines is 1. The third kappa shape index (κ3) is 3.09. The molecule has 0 radical (unpaired) electrons. The normalized spacial score (nSPS) is 33.5. The van der Waals surface area contributed by atoms with Crippen LogP contribution in [0.25, 0.3) is 5.57 Å². The number of methoxy groups -OCH3 is 1. The molecule has 28 heavy (non-hydrogen) atoms. The maximum absolute atomic E-state index is 13.2. The van der Waals surface area contributed by atoms with Crippen LogP contribution in [0.4, 0.5) is 5.69 Å². The smallest absolute Gasteiger partial charge is 0.317 e. The van der Waals surface area contributed by atoms with Gasteiger partial charge in [0.15, 0.2) is 0 Å². The Labute approximate surface area is 165 Å². The van der Waals surface area contributed by atoms with E-state index in [-0.39, 0.29) is 12.0 Å². The number of esters is 1. The number of carbonyl (C=O) groups is 2. The third-order valence-corrected chi connectivity index (χ3v) is 6.77. The number of hydrogen-bond acceptors (Lipinski definition) is 6. The fraction of sp³-hybridized carbons (Fsp3) is 0.545. The number of nitrogens with zero attached hydrogens (tertiary/aromatic N) is 1. The molecule has 4 aliphatic rings. The van der Waals surface area contributed by atoms with Gasteiger partial charge in [0.25, 0.3) is 6.47 Å². The lowest BCUT2D eigenvalue weighted by Crippen LogP contribution is -2.64. The molecule has 4 bridgehead atoms. The molecule has 1 aromatic carbocycles. The number of ether oxygens (including phenoxy) is 2. The van der Waals surface area contributed by atoms with Crippen LogP contribution in [0.1, 0.15) is 31.2 Å². The number of piperidine rings is 2. The lowest BCUT2D eigenvalue weighted by Gasteiger charge is -2.57. The molecular formula is C22H28N2O4. The number of hydrogen-bond donors (Lipinski definition) is 1. The Morgan fingerprint density at radius 3 is 2.96 bits per heavy atom. The average Bonchev–Trinajstić information content (AvgIpc) is 2.82. The standard InChI is InChI=1S/C22H28N2O4/c1-27-21(26)22-11-15-10-16(7-9-28-14-25)20(22)24(13-15)8-6-17(12-22)18-4-2-3-5-19(18)23/h2-5,12,14-16,20H,6-11,13,23H2,1H3. The molecule has 1 saturated carbocycles. The van der Waals surface area contributed by atoms with Gasteiger partial charge in [0.1, 0.15) is 5.41 Å². The molecule has 1 aliphatic carbocycles. The van der Waals surface area contributed by atoms with Gasteiger partial charge >= 0.3 is 5.97 Å². The van der Waals surface area contributed by atoms with Crippen molar-refractivity contribution in [3.63, 3.8) is 0 Å². The summed E-state index contributed by atoms with van der Waals surface area (Å²) in [5.41, 5.74) is 8.46. The minimum absolute atomic E-state index is 0.0719. The fourth-order valence-corrected chi connectivity index (χ4v) is 5.89. The molecule has 6 heteroatoms. The summed E-state index contributed by atoms with van der Waals surface area (Å²) in [6, 6.07) is 7.93. The van der Waals surface area contributed by atoms with Crippen molar-refractivity contribution in [1.82, 2.24) is 4.90 Å². The highest BCUT2D eigenvalue weighted by Gasteiger charge is 2.59. The van der Waals surface area contributed by atoms with Crippen LogP contribution >= 0.6 is 0 Å². The molecular weight excluding hydrogens is 356 g/mol. The summed E-state index contributed by atoms with van der Waals surface area (Å²) in [5.74, 6) is 0.575. The maximum atomic E-state index is 13.2. The summed E-state index contributed by atoms with van der Waals surface area (Å²) in [6.45, 7) is 2.80. The second kappa shape index (κ2) is 7.59. The first-order valence-corrected chi connectivity index (χ1v) is 10.0. The summed E-state index contributed by atoms with van der Waals surface area (Å²) >= 11 is 0. The molecule has 2 N–H and O–H groups in total. The van der Waals surface area contributed by atoms with Crippen LogP contribution in [0, 0.1) is 17.3 Å². The van der Waals surface area contributed by atoms with E-state index in [0.29, 0.717) is 24.9 Å². The van der Waals surface area contributed by atoms with Gasteiger partial charge in [-0.1, -0.05) is 24.3 Å². The first kappa shape index (κ1) is 19.0. The van der Waals surface area contributed by atoms with Crippen molar-refractivity contribution >= 4 is 23.7 Å². The molecule has 2 saturated heterocycles. The topological polar surface area (TPSA) is 81.9 Å². The highest BCUT2D eigenvalue weighted by Crippen LogP contribution is 2.55. The Hall–Kier alpha value is -2.34. The van der Waals surface area contributed by atoms with Gasteiger partial charge in [-0.2, -0.15) is 0 Å². The van der Waals surface area contributed by atoms with Crippen molar-refractivity contribution in [3.05, 3.63) is 35.9 Å². The van der Waals surface area contributed by atoms with Gasteiger partial charge in [0, 0.05) is 30.4 Å². The highest BCUT2D eigenvalue weighted by molar-refractivity contribution is 5.86. The van der Waals surface area contributed by atoms with Crippen molar-refractivity contribution in [1.29, 1.82) is 0 Å². The lowest BCUT2D eigenvalue weighted by molar-refractivity contribution is -0.168. The van der Waals surface area contributed by atoms with E-state index in [1.165, 1.54) is 7.11 Å². The van der Waals surface area contributed by atoms with E-state index < -0.39 is 5.41 Å². The van der Waals surface area contributed by atoms with Crippen LogP contribution in [0.5, 0.6) is 0 Å². The zero-order valence-corrected chi connectivity index (χ0v) is 16.3. The van der Waals surface area contributed by atoms with Crippen LogP contribution in [0.3, 0.4) is 0 Å². The molecule has 6 nitrogen and oxygen atoms in total. The highest BCUT2D eigenvalue weighted by atomic mass is 16.5. The van der Waals surface area contributed by atoms with Gasteiger partial charge in [0.05, 0.1) is 13.7 Å². The molecule has 150 valence electrons. The Morgan fingerprint density at radius 2 is 2.21 bits per heavy atom. The monoisotopic (exact) mass is 384 g/mol. The zero-order chi connectivity index (χ0) is 19.7. The first-order valence-electron chi connectivity index (χ1n) is 10.0. The lowest BCUT2D eigenvalue weighted by atomic mass is 9.57. The molecule has 0 spiro atoms. The molecule has 3 aliphatic heterocycles. The second-order valence-electron chi connectivity index (χ2n) is 8.30. The quantitative estimate of drug-likeness (QED) is 0.351. The molecule has 3 fully saturated rings. The molecule has 3 heterocycles. The van der Waals surface area contributed by atoms with Gasteiger partial charge in [-0.25, -0.2) is 0 Å². The van der Waals surface area contributed by atoms with Crippen LogP contribution in [-0.2, 0) is 19.1 Å². The molecule has 0 amide bonds. The van der Waals surface area contributed by atoms with Crippen LogP contribution < -0.4 is 5.73 Å². The van der Waals surface area contributed by atoms with E-state index in [9.17, 15) is 9.59 Å². The van der Waals surface area contributed by atoms with E-state index in [1.54, 1.807) is 0 Å². The summed E-state index contributed by atoms with van der Waals surface area (Å²) in [5, 5.41) is 0. The number of nitrogen functional groups attached to an aromatic ring is 1. The largest absolute Gasteiger partial charge is 0.468 e. The molecule has 5 unspecified atom stereocenters. The second-order valence-corrected chi connectivity index (χ2v) is 8.30. The Kier molecular flexibility index (Phi) is 5.15. The van der Waals surface area contributed by atoms with Crippen molar-refractivity contribution in [3.8, 4) is 0 Å². The number of para-hydroxylation sites is 1. The Bertz CT molecular complexity index is 792. The minimum Gasteiger partial charge on any atom is -0.468 e. The average molecular weight is 384 g/mol. The van der Waals surface area contributed by atoms with Gasteiger partial charge in [-0.05, 0) is 49.2 Å². The van der Waals surface area contributed by atoms with Crippen molar-refractivity contribution in [2.45, 2.75) is 31.7 Å². The van der Waals surface area contributed by atoms with Crippen LogP contribution in [0.2, 0.25) is 0 Å². The summed E-state index contributed by atoms with van der Waals surface area (Å²) in [4.78, 5) is 26.2. The number of fused-ring (bicyclic) bond motifs is 1. The Balaban J connectivity index is 1.77. The minimum atomic E-state index is -0.671. The third-order valence-electron chi connectivity index (χ3n) is 6.77. The number of benzene rings is 1. The van der Waals surface area contributed by atoms with Gasteiger partial charge < -0.3 is 15.2 Å². The van der Waals surface area contributed by atoms with Crippen molar-refractivity contribution < 1.29 is 19.1 Å². The van der Waals surface area contributed by atoms with E-state index in [0.717, 1.165) is 55.6 Å². The van der Waals surface area contributed by atoms with Crippen LogP contribution in [0.15, 0.2) is 30.3 Å². The van der Waals surface area contributed by atoms with E-state index in [4.69, 9.17) is 15.2 Å². The van der Waals surface area contributed by atoms with Crippen molar-refractivity contribution in [2.24, 2.45) is 17.3 Å². The van der Waals surface area contributed by atoms with Gasteiger partial charge in [0.2, 0.25) is 0 Å². The summed E-state index contributed by atoms with van der Waals surface area (Å²) in [7, 11) is 1.48. The van der Waals surface area contributed by atoms with E-state index in [1.807, 2.05) is 24.3 Å². The number of carbonyl (C=O) groups excluding carboxylic acids is 2. The molecule has 5 atom stereocenters. The fourth-order valence-electron chi connectivity index (χ4n) is 5.89. The molecule has 5 rings (SSSR count). The Morgan fingerprint density at radius 1 is 1.39 bits per heavy atom.